The number of hydrogen-bond acceptors (Lipinski definition) is 4. The summed E-state index contributed by atoms with van der Waals surface area (Å²) >= 11 is 0. The Morgan fingerprint density at radius 2 is 1.76 bits per heavy atom. The van der Waals surface area contributed by atoms with Gasteiger partial charge in [0.1, 0.15) is 5.69 Å². The zero-order chi connectivity index (χ0) is 17.8. The van der Waals surface area contributed by atoms with Crippen molar-refractivity contribution in [1.82, 2.24) is 9.88 Å². The summed E-state index contributed by atoms with van der Waals surface area (Å²) in [4.78, 5) is 32.8. The van der Waals surface area contributed by atoms with Gasteiger partial charge in [-0.15, -0.1) is 0 Å². The van der Waals surface area contributed by atoms with Crippen LogP contribution in [-0.2, 0) is 0 Å². The molecule has 0 atom stereocenters. The molecule has 0 bridgehead atoms. The third-order valence-corrected chi connectivity index (χ3v) is 4.28. The van der Waals surface area contributed by atoms with Crippen LogP contribution in [-0.4, -0.2) is 48.9 Å². The van der Waals surface area contributed by atoms with E-state index in [2.05, 4.69) is 10.3 Å². The molecular formula is C19H22N4O2. The molecule has 1 aliphatic rings. The highest BCUT2D eigenvalue weighted by Gasteiger charge is 2.21. The standard InChI is InChI=1S/C19H22N4O2/c1-22(2)16-7-5-15(6-8-16)21-18(24)14-9-10-20-17(13-14)19(25)23-11-3-4-12-23/h5-10,13H,3-4,11-12H2,1-2H3,(H,21,24). The van der Waals surface area contributed by atoms with Gasteiger partial charge in [0.15, 0.2) is 0 Å². The van der Waals surface area contributed by atoms with E-state index in [4.69, 9.17) is 0 Å². The lowest BCUT2D eigenvalue weighted by Crippen LogP contribution is -2.28. The first kappa shape index (κ1) is 17.0. The second-order valence-corrected chi connectivity index (χ2v) is 6.32. The van der Waals surface area contributed by atoms with E-state index in [0.717, 1.165) is 31.6 Å². The number of likely N-dealkylation sites (tertiary alicyclic amines) is 1. The summed E-state index contributed by atoms with van der Waals surface area (Å²) < 4.78 is 0. The minimum Gasteiger partial charge on any atom is -0.378 e. The van der Waals surface area contributed by atoms with Crippen molar-refractivity contribution < 1.29 is 9.59 Å². The third kappa shape index (κ3) is 3.96. The van der Waals surface area contributed by atoms with Crippen molar-refractivity contribution in [1.29, 1.82) is 0 Å². The van der Waals surface area contributed by atoms with Crippen molar-refractivity contribution in [3.05, 3.63) is 53.9 Å². The van der Waals surface area contributed by atoms with Gasteiger partial charge in [-0.2, -0.15) is 0 Å². The number of carbonyl (C=O) groups is 2. The summed E-state index contributed by atoms with van der Waals surface area (Å²) in [5.41, 5.74) is 2.51. The van der Waals surface area contributed by atoms with E-state index in [1.807, 2.05) is 43.3 Å². The number of benzene rings is 1. The molecule has 0 radical (unpaired) electrons. The molecule has 1 aromatic heterocycles. The summed E-state index contributed by atoms with van der Waals surface area (Å²) in [6, 6.07) is 10.7. The van der Waals surface area contributed by atoms with Gasteiger partial charge in [0.05, 0.1) is 0 Å². The maximum Gasteiger partial charge on any atom is 0.272 e. The summed E-state index contributed by atoms with van der Waals surface area (Å²) in [7, 11) is 3.92. The Kier molecular flexibility index (Phi) is 4.97. The Morgan fingerprint density at radius 1 is 1.08 bits per heavy atom. The topological polar surface area (TPSA) is 65.5 Å². The summed E-state index contributed by atoms with van der Waals surface area (Å²) in [6.45, 7) is 1.52. The van der Waals surface area contributed by atoms with E-state index in [1.165, 1.54) is 6.20 Å². The molecule has 25 heavy (non-hydrogen) atoms. The van der Waals surface area contributed by atoms with Crippen molar-refractivity contribution >= 4 is 23.2 Å². The molecule has 1 N–H and O–H groups in total. The van der Waals surface area contributed by atoms with Gasteiger partial charge in [0.25, 0.3) is 11.8 Å². The SMILES string of the molecule is CN(C)c1ccc(NC(=O)c2ccnc(C(=O)N3CCCC3)c2)cc1. The molecule has 1 aromatic carbocycles. The number of carbonyl (C=O) groups excluding carboxylic acids is 2. The molecule has 1 fully saturated rings. The lowest BCUT2D eigenvalue weighted by molar-refractivity contribution is 0.0787. The van der Waals surface area contributed by atoms with Gasteiger partial charge in [0.2, 0.25) is 0 Å². The van der Waals surface area contributed by atoms with Crippen molar-refractivity contribution in [2.75, 3.05) is 37.4 Å². The smallest absolute Gasteiger partial charge is 0.272 e. The molecular weight excluding hydrogens is 316 g/mol. The fourth-order valence-corrected chi connectivity index (χ4v) is 2.82. The third-order valence-electron chi connectivity index (χ3n) is 4.28. The lowest BCUT2D eigenvalue weighted by atomic mass is 10.2. The quantitative estimate of drug-likeness (QED) is 0.931. The average Bonchev–Trinajstić information content (AvgIpc) is 3.16. The number of pyridine rings is 1. The lowest BCUT2D eigenvalue weighted by Gasteiger charge is -2.15. The van der Waals surface area contributed by atoms with E-state index in [9.17, 15) is 9.59 Å². The Bertz CT molecular complexity index is 765. The maximum absolute atomic E-state index is 12.5. The van der Waals surface area contributed by atoms with Crippen LogP contribution in [0.2, 0.25) is 0 Å². The molecule has 1 aliphatic heterocycles. The van der Waals surface area contributed by atoms with E-state index in [-0.39, 0.29) is 11.8 Å². The first-order valence-electron chi connectivity index (χ1n) is 8.38. The van der Waals surface area contributed by atoms with Gasteiger partial charge in [-0.05, 0) is 49.2 Å². The minimum atomic E-state index is -0.254. The molecule has 0 spiro atoms. The fraction of sp³-hybridized carbons (Fsp3) is 0.316. The minimum absolute atomic E-state index is 0.109. The number of anilines is 2. The average molecular weight is 338 g/mol. The molecule has 1 saturated heterocycles. The van der Waals surface area contributed by atoms with Gasteiger partial charge in [-0.25, -0.2) is 0 Å². The van der Waals surface area contributed by atoms with E-state index >= 15 is 0 Å². The highest BCUT2D eigenvalue weighted by molar-refractivity contribution is 6.05. The van der Waals surface area contributed by atoms with Crippen LogP contribution < -0.4 is 10.2 Å². The summed E-state index contributed by atoms with van der Waals surface area (Å²) in [6.07, 6.45) is 3.55. The number of hydrogen-bond donors (Lipinski definition) is 1. The van der Waals surface area contributed by atoms with Crippen molar-refractivity contribution in [3.8, 4) is 0 Å². The molecule has 6 nitrogen and oxygen atoms in total. The molecule has 6 heteroatoms. The van der Waals surface area contributed by atoms with Crippen LogP contribution in [0.25, 0.3) is 0 Å². The van der Waals surface area contributed by atoms with Crippen molar-refractivity contribution in [3.63, 3.8) is 0 Å². The molecule has 130 valence electrons. The molecule has 0 aliphatic carbocycles. The zero-order valence-electron chi connectivity index (χ0n) is 14.5. The highest BCUT2D eigenvalue weighted by Crippen LogP contribution is 2.17. The number of amides is 2. The van der Waals surface area contributed by atoms with Gasteiger partial charge in [-0.1, -0.05) is 0 Å². The second-order valence-electron chi connectivity index (χ2n) is 6.32. The van der Waals surface area contributed by atoms with Crippen LogP contribution in [0.5, 0.6) is 0 Å². The van der Waals surface area contributed by atoms with Crippen LogP contribution in [0.15, 0.2) is 42.6 Å². The van der Waals surface area contributed by atoms with Gasteiger partial charge < -0.3 is 15.1 Å². The van der Waals surface area contributed by atoms with Gasteiger partial charge in [0, 0.05) is 50.3 Å². The summed E-state index contributed by atoms with van der Waals surface area (Å²) in [5.74, 6) is -0.363. The number of nitrogens with one attached hydrogen (secondary N) is 1. The number of aromatic nitrogens is 1. The normalized spacial score (nSPS) is 13.6. The van der Waals surface area contributed by atoms with Crippen molar-refractivity contribution in [2.45, 2.75) is 12.8 Å². The largest absolute Gasteiger partial charge is 0.378 e. The molecule has 3 rings (SSSR count). The maximum atomic E-state index is 12.5. The Morgan fingerprint density at radius 3 is 2.40 bits per heavy atom. The molecule has 2 aromatic rings. The summed E-state index contributed by atoms with van der Waals surface area (Å²) in [5, 5.41) is 2.85. The predicted octanol–water partition coefficient (Wildman–Crippen LogP) is 2.64. The predicted molar refractivity (Wildman–Crippen MR) is 98.1 cm³/mol. The monoisotopic (exact) mass is 338 g/mol. The first-order valence-corrected chi connectivity index (χ1v) is 8.38. The zero-order valence-corrected chi connectivity index (χ0v) is 14.5. The van der Waals surface area contributed by atoms with Crippen molar-refractivity contribution in [2.24, 2.45) is 0 Å². The van der Waals surface area contributed by atoms with E-state index < -0.39 is 0 Å². The number of nitrogens with zero attached hydrogens (tertiary/aromatic N) is 3. The Labute approximate surface area is 147 Å². The van der Waals surface area contributed by atoms with Crippen LogP contribution in [0.4, 0.5) is 11.4 Å². The molecule has 0 saturated carbocycles. The van der Waals surface area contributed by atoms with Gasteiger partial charge in [-0.3, -0.25) is 14.6 Å². The molecule has 2 heterocycles. The molecule has 2 amide bonds. The fourth-order valence-electron chi connectivity index (χ4n) is 2.82. The van der Waals surface area contributed by atoms with Gasteiger partial charge >= 0.3 is 0 Å². The van der Waals surface area contributed by atoms with Crippen LogP contribution >= 0.6 is 0 Å². The second kappa shape index (κ2) is 7.34. The van der Waals surface area contributed by atoms with E-state index in [0.29, 0.717) is 16.9 Å². The van der Waals surface area contributed by atoms with Crippen LogP contribution in [0.1, 0.15) is 33.7 Å². The Hall–Kier alpha value is -2.89. The first-order chi connectivity index (χ1) is 12.0. The van der Waals surface area contributed by atoms with Crippen LogP contribution in [0.3, 0.4) is 0 Å². The van der Waals surface area contributed by atoms with Crippen LogP contribution in [0, 0.1) is 0 Å². The number of rotatable bonds is 4. The Balaban J connectivity index is 1.71. The highest BCUT2D eigenvalue weighted by atomic mass is 16.2. The van der Waals surface area contributed by atoms with E-state index in [1.54, 1.807) is 17.0 Å². The molecule has 0 unspecified atom stereocenters.